The average Bonchev–Trinajstić information content (AvgIpc) is 2.46. The van der Waals surface area contributed by atoms with Gasteiger partial charge >= 0.3 is 0 Å². The summed E-state index contributed by atoms with van der Waals surface area (Å²) in [5.41, 5.74) is 1.31. The van der Waals surface area contributed by atoms with Crippen molar-refractivity contribution in [3.8, 4) is 0 Å². The van der Waals surface area contributed by atoms with Crippen molar-refractivity contribution in [2.75, 3.05) is 19.4 Å². The zero-order valence-corrected chi connectivity index (χ0v) is 11.5. The number of aromatic nitrogens is 1. The summed E-state index contributed by atoms with van der Waals surface area (Å²) in [6.45, 7) is 0. The highest BCUT2D eigenvalue weighted by Crippen LogP contribution is 2.24. The van der Waals surface area contributed by atoms with Crippen LogP contribution in [0.3, 0.4) is 0 Å². The van der Waals surface area contributed by atoms with Gasteiger partial charge in [0.25, 0.3) is 5.91 Å². The second kappa shape index (κ2) is 6.02. The van der Waals surface area contributed by atoms with E-state index in [0.29, 0.717) is 11.3 Å². The number of anilines is 1. The van der Waals surface area contributed by atoms with Gasteiger partial charge in [0.15, 0.2) is 0 Å². The van der Waals surface area contributed by atoms with Crippen molar-refractivity contribution in [2.24, 2.45) is 0 Å². The van der Waals surface area contributed by atoms with Crippen LogP contribution in [0.2, 0.25) is 0 Å². The van der Waals surface area contributed by atoms with Gasteiger partial charge in [0.2, 0.25) is 0 Å². The maximum atomic E-state index is 12.5. The van der Waals surface area contributed by atoms with Crippen LogP contribution in [-0.2, 0) is 0 Å². The van der Waals surface area contributed by atoms with Crippen molar-refractivity contribution in [1.29, 1.82) is 0 Å². The molecule has 1 fully saturated rings. The van der Waals surface area contributed by atoms with E-state index in [1.165, 1.54) is 0 Å². The van der Waals surface area contributed by atoms with E-state index in [-0.39, 0.29) is 11.9 Å². The van der Waals surface area contributed by atoms with Gasteiger partial charge in [0.05, 0.1) is 29.6 Å². The Labute approximate surface area is 113 Å². The highest BCUT2D eigenvalue weighted by molar-refractivity contribution is 5.99. The van der Waals surface area contributed by atoms with Gasteiger partial charge in [0.1, 0.15) is 0 Å². The number of carbonyl (C=O) groups excluding carboxylic acids is 1. The third kappa shape index (κ3) is 2.87. The molecule has 1 aromatic heterocycles. The third-order valence-corrected chi connectivity index (χ3v) is 3.83. The van der Waals surface area contributed by atoms with Crippen molar-refractivity contribution in [3.63, 3.8) is 0 Å². The lowest BCUT2D eigenvalue weighted by Gasteiger charge is -2.35. The fraction of sp³-hybridized carbons (Fsp3) is 0.571. The van der Waals surface area contributed by atoms with Crippen molar-refractivity contribution in [2.45, 2.75) is 37.8 Å². The largest absolute Gasteiger partial charge is 0.391 e. The Morgan fingerprint density at radius 3 is 2.89 bits per heavy atom. The van der Waals surface area contributed by atoms with E-state index < -0.39 is 6.10 Å². The number of nitrogens with zero attached hydrogens (tertiary/aromatic N) is 2. The monoisotopic (exact) mass is 263 g/mol. The molecular formula is C14H21N3O2. The molecule has 5 heteroatoms. The summed E-state index contributed by atoms with van der Waals surface area (Å²) in [7, 11) is 3.53. The number of hydrogen-bond donors (Lipinski definition) is 2. The Hall–Kier alpha value is -1.62. The Kier molecular flexibility index (Phi) is 4.37. The van der Waals surface area contributed by atoms with Crippen LogP contribution in [0, 0.1) is 0 Å². The standard InChI is InChI=1S/C14H21N3O2/c1-15-11-9-16-8-7-10(11)14(19)17(2)12-5-3-4-6-13(12)18/h7-9,12-13,15,18H,3-6H2,1-2H3. The average molecular weight is 263 g/mol. The molecule has 0 aliphatic heterocycles. The zero-order chi connectivity index (χ0) is 13.8. The van der Waals surface area contributed by atoms with E-state index >= 15 is 0 Å². The third-order valence-electron chi connectivity index (χ3n) is 3.83. The van der Waals surface area contributed by atoms with Crippen LogP contribution in [-0.4, -0.2) is 47.1 Å². The number of carbonyl (C=O) groups is 1. The Balaban J connectivity index is 2.18. The van der Waals surface area contributed by atoms with E-state index in [2.05, 4.69) is 10.3 Å². The molecule has 5 nitrogen and oxygen atoms in total. The summed E-state index contributed by atoms with van der Waals surface area (Å²) < 4.78 is 0. The molecule has 1 aromatic rings. The van der Waals surface area contributed by atoms with Crippen LogP contribution in [0.1, 0.15) is 36.0 Å². The van der Waals surface area contributed by atoms with Gasteiger partial charge in [-0.1, -0.05) is 12.8 Å². The van der Waals surface area contributed by atoms with Crippen LogP contribution in [0.15, 0.2) is 18.5 Å². The Morgan fingerprint density at radius 2 is 2.21 bits per heavy atom. The maximum absolute atomic E-state index is 12.5. The maximum Gasteiger partial charge on any atom is 0.256 e. The van der Waals surface area contributed by atoms with E-state index in [1.54, 1.807) is 37.5 Å². The molecule has 1 aliphatic carbocycles. The van der Waals surface area contributed by atoms with Crippen molar-refractivity contribution < 1.29 is 9.90 Å². The highest BCUT2D eigenvalue weighted by atomic mass is 16.3. The number of hydrogen-bond acceptors (Lipinski definition) is 4. The number of nitrogens with one attached hydrogen (secondary N) is 1. The minimum atomic E-state index is -0.414. The Bertz CT molecular complexity index is 450. The molecule has 19 heavy (non-hydrogen) atoms. The molecule has 1 saturated carbocycles. The van der Waals surface area contributed by atoms with E-state index in [0.717, 1.165) is 25.7 Å². The normalized spacial score (nSPS) is 22.9. The van der Waals surface area contributed by atoms with Crippen molar-refractivity contribution >= 4 is 11.6 Å². The molecule has 2 unspecified atom stereocenters. The van der Waals surface area contributed by atoms with Gasteiger partial charge in [-0.05, 0) is 18.9 Å². The number of aliphatic hydroxyl groups excluding tert-OH is 1. The first kappa shape index (κ1) is 13.8. The molecule has 0 spiro atoms. The second-order valence-corrected chi connectivity index (χ2v) is 5.01. The van der Waals surface area contributed by atoms with Crippen molar-refractivity contribution in [1.82, 2.24) is 9.88 Å². The number of pyridine rings is 1. The molecule has 104 valence electrons. The Morgan fingerprint density at radius 1 is 1.47 bits per heavy atom. The van der Waals surface area contributed by atoms with Gasteiger partial charge in [-0.2, -0.15) is 0 Å². The number of rotatable bonds is 3. The molecule has 1 aliphatic rings. The van der Waals surface area contributed by atoms with Crippen molar-refractivity contribution in [3.05, 3.63) is 24.0 Å². The minimum Gasteiger partial charge on any atom is -0.391 e. The summed E-state index contributed by atoms with van der Waals surface area (Å²) in [5, 5.41) is 13.0. The number of aliphatic hydroxyl groups is 1. The molecular weight excluding hydrogens is 242 g/mol. The number of likely N-dealkylation sites (N-methyl/N-ethyl adjacent to an activating group) is 1. The summed E-state index contributed by atoms with van der Waals surface area (Å²) in [4.78, 5) is 18.2. The summed E-state index contributed by atoms with van der Waals surface area (Å²) in [6, 6.07) is 1.62. The van der Waals surface area contributed by atoms with Crippen LogP contribution < -0.4 is 5.32 Å². The van der Waals surface area contributed by atoms with Crippen LogP contribution >= 0.6 is 0 Å². The molecule has 2 atom stereocenters. The molecule has 0 aromatic carbocycles. The molecule has 0 bridgehead atoms. The first-order chi connectivity index (χ1) is 9.15. The molecule has 2 rings (SSSR count). The summed E-state index contributed by atoms with van der Waals surface area (Å²) in [5.74, 6) is -0.0716. The van der Waals surface area contributed by atoms with E-state index in [9.17, 15) is 9.90 Å². The lowest BCUT2D eigenvalue weighted by atomic mass is 9.91. The first-order valence-electron chi connectivity index (χ1n) is 6.72. The SMILES string of the molecule is CNc1cnccc1C(=O)N(C)C1CCCCC1O. The quantitative estimate of drug-likeness (QED) is 0.867. The fourth-order valence-electron chi connectivity index (χ4n) is 2.66. The molecule has 0 radical (unpaired) electrons. The van der Waals surface area contributed by atoms with Gasteiger partial charge < -0.3 is 15.3 Å². The summed E-state index contributed by atoms with van der Waals surface area (Å²) >= 11 is 0. The second-order valence-electron chi connectivity index (χ2n) is 5.01. The minimum absolute atomic E-state index is 0.0716. The van der Waals surface area contributed by atoms with Crippen LogP contribution in [0.25, 0.3) is 0 Å². The first-order valence-corrected chi connectivity index (χ1v) is 6.72. The molecule has 0 saturated heterocycles. The van der Waals surface area contributed by atoms with Gasteiger partial charge in [-0.3, -0.25) is 9.78 Å². The van der Waals surface area contributed by atoms with E-state index in [1.807, 2.05) is 0 Å². The topological polar surface area (TPSA) is 65.5 Å². The molecule has 1 amide bonds. The smallest absolute Gasteiger partial charge is 0.256 e. The van der Waals surface area contributed by atoms with Gasteiger partial charge in [-0.25, -0.2) is 0 Å². The predicted octanol–water partition coefficient (Wildman–Crippen LogP) is 1.50. The molecule has 1 heterocycles. The van der Waals surface area contributed by atoms with Gasteiger partial charge in [0, 0.05) is 20.3 Å². The lowest BCUT2D eigenvalue weighted by Crippen LogP contribution is -2.46. The number of amides is 1. The lowest BCUT2D eigenvalue weighted by molar-refractivity contribution is 0.0268. The highest BCUT2D eigenvalue weighted by Gasteiger charge is 2.30. The van der Waals surface area contributed by atoms with Gasteiger partial charge in [-0.15, -0.1) is 0 Å². The predicted molar refractivity (Wildman–Crippen MR) is 74.1 cm³/mol. The fourth-order valence-corrected chi connectivity index (χ4v) is 2.66. The zero-order valence-electron chi connectivity index (χ0n) is 11.5. The molecule has 2 N–H and O–H groups in total. The van der Waals surface area contributed by atoms with Crippen LogP contribution in [0.5, 0.6) is 0 Å². The van der Waals surface area contributed by atoms with E-state index in [4.69, 9.17) is 0 Å². The summed E-state index contributed by atoms with van der Waals surface area (Å²) in [6.07, 6.45) is 6.58. The van der Waals surface area contributed by atoms with Crippen LogP contribution in [0.4, 0.5) is 5.69 Å².